The Hall–Kier alpha value is -1.27. The highest BCUT2D eigenvalue weighted by molar-refractivity contribution is 5.78. The van der Waals surface area contributed by atoms with Crippen molar-refractivity contribution in [1.82, 2.24) is 5.32 Å². The van der Waals surface area contributed by atoms with Gasteiger partial charge in [-0.3, -0.25) is 9.59 Å². The van der Waals surface area contributed by atoms with Gasteiger partial charge in [-0.1, -0.05) is 13.3 Å². The molecule has 0 aromatic carbocycles. The molecule has 0 spiro atoms. The largest absolute Gasteiger partial charge is 0.481 e. The Kier molecular flexibility index (Phi) is 5.83. The van der Waals surface area contributed by atoms with Crippen LogP contribution in [0.1, 0.15) is 39.0 Å². The topological polar surface area (TPSA) is 66.4 Å². The van der Waals surface area contributed by atoms with Crippen LogP contribution in [-0.2, 0) is 9.59 Å². The first-order chi connectivity index (χ1) is 9.21. The van der Waals surface area contributed by atoms with Crippen LogP contribution in [0.15, 0.2) is 0 Å². The van der Waals surface area contributed by atoms with E-state index in [2.05, 4.69) is 5.32 Å². The second-order valence-corrected chi connectivity index (χ2v) is 5.42. The Labute approximate surface area is 115 Å². The van der Waals surface area contributed by atoms with Crippen LogP contribution in [0.3, 0.4) is 0 Å². The summed E-state index contributed by atoms with van der Waals surface area (Å²) >= 11 is 0. The van der Waals surface area contributed by atoms with E-state index < -0.39 is 35.8 Å². The summed E-state index contributed by atoms with van der Waals surface area (Å²) in [4.78, 5) is 22.4. The van der Waals surface area contributed by atoms with E-state index in [0.717, 1.165) is 0 Å². The molecule has 1 aliphatic rings. The zero-order valence-corrected chi connectivity index (χ0v) is 11.4. The number of carbonyl (C=O) groups is 2. The van der Waals surface area contributed by atoms with Crippen LogP contribution >= 0.6 is 0 Å². The molecule has 7 heteroatoms. The van der Waals surface area contributed by atoms with Crippen LogP contribution in [0.4, 0.5) is 13.2 Å². The molecule has 1 aliphatic carbocycles. The van der Waals surface area contributed by atoms with E-state index in [9.17, 15) is 22.8 Å². The number of hydrogen-bond donors (Lipinski definition) is 2. The Balaban J connectivity index is 2.38. The Morgan fingerprint density at radius 3 is 2.55 bits per heavy atom. The van der Waals surface area contributed by atoms with Gasteiger partial charge in [0.05, 0.1) is 11.8 Å². The molecule has 20 heavy (non-hydrogen) atoms. The molecule has 1 rings (SSSR count). The van der Waals surface area contributed by atoms with E-state index >= 15 is 0 Å². The summed E-state index contributed by atoms with van der Waals surface area (Å²) in [5.74, 6) is -3.93. The van der Waals surface area contributed by atoms with Gasteiger partial charge in [0.1, 0.15) is 0 Å². The predicted molar refractivity (Wildman–Crippen MR) is 65.9 cm³/mol. The third-order valence-electron chi connectivity index (χ3n) is 3.81. The predicted octanol–water partition coefficient (Wildman–Crippen LogP) is 2.58. The SMILES string of the molecule is CC(CCNC(=O)C1CCCC(C(F)(F)F)C1)C(=O)O. The van der Waals surface area contributed by atoms with E-state index in [1.165, 1.54) is 6.92 Å². The van der Waals surface area contributed by atoms with Crippen molar-refractivity contribution in [3.8, 4) is 0 Å². The first kappa shape index (κ1) is 16.8. The molecule has 1 fully saturated rings. The zero-order valence-electron chi connectivity index (χ0n) is 11.4. The maximum Gasteiger partial charge on any atom is 0.391 e. The summed E-state index contributed by atoms with van der Waals surface area (Å²) in [6.07, 6.45) is -3.18. The maximum absolute atomic E-state index is 12.6. The minimum absolute atomic E-state index is 0.0866. The number of carboxylic acids is 1. The summed E-state index contributed by atoms with van der Waals surface area (Å²) in [6, 6.07) is 0. The first-order valence-corrected chi connectivity index (χ1v) is 6.79. The third-order valence-corrected chi connectivity index (χ3v) is 3.81. The van der Waals surface area contributed by atoms with Crippen LogP contribution in [0, 0.1) is 17.8 Å². The second kappa shape index (κ2) is 6.95. The molecule has 0 saturated heterocycles. The first-order valence-electron chi connectivity index (χ1n) is 6.79. The van der Waals surface area contributed by atoms with Crippen LogP contribution < -0.4 is 5.32 Å². The van der Waals surface area contributed by atoms with Gasteiger partial charge in [0, 0.05) is 12.5 Å². The summed E-state index contributed by atoms with van der Waals surface area (Å²) in [5.41, 5.74) is 0. The molecule has 2 N–H and O–H groups in total. The van der Waals surface area contributed by atoms with Crippen molar-refractivity contribution in [2.24, 2.45) is 17.8 Å². The zero-order chi connectivity index (χ0) is 15.3. The molecule has 1 amide bonds. The van der Waals surface area contributed by atoms with Crippen LogP contribution in [0.5, 0.6) is 0 Å². The molecule has 0 bridgehead atoms. The molecule has 3 atom stereocenters. The maximum atomic E-state index is 12.6. The fourth-order valence-electron chi connectivity index (χ4n) is 2.40. The van der Waals surface area contributed by atoms with E-state index in [1.807, 2.05) is 0 Å². The number of halogens is 3. The number of carbonyl (C=O) groups excluding carboxylic acids is 1. The molecule has 0 aromatic heterocycles. The fourth-order valence-corrected chi connectivity index (χ4v) is 2.40. The Morgan fingerprint density at radius 1 is 1.35 bits per heavy atom. The molecule has 0 heterocycles. The lowest BCUT2D eigenvalue weighted by Crippen LogP contribution is -2.38. The number of alkyl halides is 3. The number of aliphatic carboxylic acids is 1. The van der Waals surface area contributed by atoms with Gasteiger partial charge < -0.3 is 10.4 Å². The average Bonchev–Trinajstić information content (AvgIpc) is 2.37. The van der Waals surface area contributed by atoms with Crippen molar-refractivity contribution in [2.75, 3.05) is 6.54 Å². The van der Waals surface area contributed by atoms with Crippen molar-refractivity contribution in [3.63, 3.8) is 0 Å². The summed E-state index contributed by atoms with van der Waals surface area (Å²) in [7, 11) is 0. The Morgan fingerprint density at radius 2 is 2.00 bits per heavy atom. The summed E-state index contributed by atoms with van der Waals surface area (Å²) in [5, 5.41) is 11.2. The molecule has 1 saturated carbocycles. The van der Waals surface area contributed by atoms with Crippen molar-refractivity contribution < 1.29 is 27.9 Å². The molecular formula is C13H20F3NO3. The summed E-state index contributed by atoms with van der Waals surface area (Å²) in [6.45, 7) is 1.70. The number of carboxylic acid groups (broad SMARTS) is 1. The lowest BCUT2D eigenvalue weighted by molar-refractivity contribution is -0.186. The highest BCUT2D eigenvalue weighted by Gasteiger charge is 2.43. The van der Waals surface area contributed by atoms with Gasteiger partial charge in [0.2, 0.25) is 5.91 Å². The number of nitrogens with one attached hydrogen (secondary N) is 1. The van der Waals surface area contributed by atoms with Gasteiger partial charge in [-0.25, -0.2) is 0 Å². The number of amides is 1. The molecule has 0 radical (unpaired) electrons. The Bertz CT molecular complexity index is 357. The molecule has 0 aromatic rings. The van der Waals surface area contributed by atoms with Crippen molar-refractivity contribution >= 4 is 11.9 Å². The van der Waals surface area contributed by atoms with Gasteiger partial charge in [0.25, 0.3) is 0 Å². The van der Waals surface area contributed by atoms with E-state index in [1.54, 1.807) is 0 Å². The number of rotatable bonds is 5. The standard InChI is InChI=1S/C13H20F3NO3/c1-8(12(19)20)5-6-17-11(18)9-3-2-4-10(7-9)13(14,15)16/h8-10H,2-7H2,1H3,(H,17,18)(H,19,20). The van der Waals surface area contributed by atoms with Gasteiger partial charge in [0.15, 0.2) is 0 Å². The van der Waals surface area contributed by atoms with Crippen molar-refractivity contribution in [2.45, 2.75) is 45.2 Å². The molecular weight excluding hydrogens is 275 g/mol. The van der Waals surface area contributed by atoms with Crippen LogP contribution in [-0.4, -0.2) is 29.7 Å². The third kappa shape index (κ3) is 5.02. The van der Waals surface area contributed by atoms with Crippen molar-refractivity contribution in [3.05, 3.63) is 0 Å². The highest BCUT2D eigenvalue weighted by Crippen LogP contribution is 2.39. The lowest BCUT2D eigenvalue weighted by Gasteiger charge is -2.29. The smallest absolute Gasteiger partial charge is 0.391 e. The quantitative estimate of drug-likeness (QED) is 0.819. The molecule has 116 valence electrons. The van der Waals surface area contributed by atoms with Crippen LogP contribution in [0.25, 0.3) is 0 Å². The van der Waals surface area contributed by atoms with E-state index in [-0.39, 0.29) is 25.8 Å². The average molecular weight is 295 g/mol. The molecule has 3 unspecified atom stereocenters. The van der Waals surface area contributed by atoms with E-state index in [0.29, 0.717) is 12.8 Å². The second-order valence-electron chi connectivity index (χ2n) is 5.42. The normalized spacial score (nSPS) is 25.0. The van der Waals surface area contributed by atoms with Crippen LogP contribution in [0.2, 0.25) is 0 Å². The van der Waals surface area contributed by atoms with Gasteiger partial charge >= 0.3 is 12.1 Å². The van der Waals surface area contributed by atoms with Crippen molar-refractivity contribution in [1.29, 1.82) is 0 Å². The molecule has 4 nitrogen and oxygen atoms in total. The monoisotopic (exact) mass is 295 g/mol. The lowest BCUT2D eigenvalue weighted by atomic mass is 9.80. The van der Waals surface area contributed by atoms with Gasteiger partial charge in [-0.05, 0) is 25.7 Å². The van der Waals surface area contributed by atoms with E-state index in [4.69, 9.17) is 5.11 Å². The van der Waals surface area contributed by atoms with Gasteiger partial charge in [-0.2, -0.15) is 13.2 Å². The highest BCUT2D eigenvalue weighted by atomic mass is 19.4. The minimum atomic E-state index is -4.24. The molecule has 0 aliphatic heterocycles. The summed E-state index contributed by atoms with van der Waals surface area (Å²) < 4.78 is 37.9. The van der Waals surface area contributed by atoms with Gasteiger partial charge in [-0.15, -0.1) is 0 Å². The fraction of sp³-hybridized carbons (Fsp3) is 0.846. The minimum Gasteiger partial charge on any atom is -0.481 e. The number of hydrogen-bond acceptors (Lipinski definition) is 2.